The zero-order chi connectivity index (χ0) is 24.0. The first kappa shape index (κ1) is 23.0. The molecule has 33 heavy (non-hydrogen) atoms. The predicted octanol–water partition coefficient (Wildman–Crippen LogP) is 3.47. The molecule has 0 bridgehead atoms. The highest BCUT2D eigenvalue weighted by Gasteiger charge is 2.19. The standard InChI is InChI=1S/C24H26N4O4S/c1-12(2)10-28-21-19(23(30)27(6)24(28)31)22(26-15(5)25-21)33-11-16-9-18(29)32-20-14(4)13(3)7-8-17(16)20/h7-9,12H,10-11H2,1-6H3. The summed E-state index contributed by atoms with van der Waals surface area (Å²) in [7, 11) is 1.47. The Morgan fingerprint density at radius 1 is 1.09 bits per heavy atom. The number of hydrogen-bond donors (Lipinski definition) is 0. The van der Waals surface area contributed by atoms with Crippen molar-refractivity contribution in [2.45, 2.75) is 51.9 Å². The van der Waals surface area contributed by atoms with Gasteiger partial charge >= 0.3 is 11.3 Å². The van der Waals surface area contributed by atoms with Gasteiger partial charge in [0.1, 0.15) is 21.8 Å². The Morgan fingerprint density at radius 3 is 2.52 bits per heavy atom. The molecular weight excluding hydrogens is 440 g/mol. The van der Waals surface area contributed by atoms with Crippen molar-refractivity contribution in [2.24, 2.45) is 13.0 Å². The normalized spacial score (nSPS) is 11.7. The van der Waals surface area contributed by atoms with Crippen molar-refractivity contribution >= 4 is 33.8 Å². The number of fused-ring (bicyclic) bond motifs is 2. The Balaban J connectivity index is 1.88. The maximum Gasteiger partial charge on any atom is 0.336 e. The minimum atomic E-state index is -0.429. The van der Waals surface area contributed by atoms with E-state index >= 15 is 0 Å². The lowest BCUT2D eigenvalue weighted by molar-refractivity contribution is 0.498. The van der Waals surface area contributed by atoms with E-state index in [-0.39, 0.29) is 5.92 Å². The lowest BCUT2D eigenvalue weighted by atomic mass is 10.0. The Labute approximate surface area is 194 Å². The summed E-state index contributed by atoms with van der Waals surface area (Å²) in [5, 5.41) is 1.65. The van der Waals surface area contributed by atoms with Crippen molar-refractivity contribution in [1.29, 1.82) is 0 Å². The Hall–Kier alpha value is -3.20. The second kappa shape index (κ2) is 8.62. The van der Waals surface area contributed by atoms with Crippen LogP contribution in [-0.4, -0.2) is 19.1 Å². The average Bonchev–Trinajstić information content (AvgIpc) is 2.75. The molecule has 4 rings (SSSR count). The van der Waals surface area contributed by atoms with E-state index in [1.807, 2.05) is 39.8 Å². The monoisotopic (exact) mass is 466 g/mol. The summed E-state index contributed by atoms with van der Waals surface area (Å²) in [6.07, 6.45) is 0. The Bertz CT molecular complexity index is 1580. The fraction of sp³-hybridized carbons (Fsp3) is 0.375. The molecule has 1 aromatic carbocycles. The van der Waals surface area contributed by atoms with Crippen LogP contribution in [0.3, 0.4) is 0 Å². The Morgan fingerprint density at radius 2 is 1.82 bits per heavy atom. The molecule has 0 aliphatic heterocycles. The zero-order valence-corrected chi connectivity index (χ0v) is 20.4. The van der Waals surface area contributed by atoms with Crippen molar-refractivity contribution in [1.82, 2.24) is 19.1 Å². The second-order valence-electron chi connectivity index (χ2n) is 8.69. The van der Waals surface area contributed by atoms with Gasteiger partial charge in [-0.15, -0.1) is 11.8 Å². The van der Waals surface area contributed by atoms with E-state index in [1.54, 1.807) is 11.5 Å². The van der Waals surface area contributed by atoms with Crippen LogP contribution in [0.25, 0.3) is 22.0 Å². The first-order chi connectivity index (χ1) is 15.6. The first-order valence-electron chi connectivity index (χ1n) is 10.7. The second-order valence-corrected chi connectivity index (χ2v) is 9.65. The highest BCUT2D eigenvalue weighted by atomic mass is 32.2. The topological polar surface area (TPSA) is 100.0 Å². The SMILES string of the molecule is Cc1nc(SCc2cc(=O)oc3c(C)c(C)ccc23)c2c(=O)n(C)c(=O)n(CC(C)C)c2n1. The molecule has 0 atom stereocenters. The van der Waals surface area contributed by atoms with E-state index in [0.29, 0.717) is 39.8 Å². The predicted molar refractivity (Wildman–Crippen MR) is 130 cm³/mol. The van der Waals surface area contributed by atoms with Gasteiger partial charge in [0.25, 0.3) is 5.56 Å². The van der Waals surface area contributed by atoms with Gasteiger partial charge in [-0.3, -0.25) is 13.9 Å². The zero-order valence-electron chi connectivity index (χ0n) is 19.6. The third-order valence-corrected chi connectivity index (χ3v) is 6.71. The molecule has 4 aromatic rings. The molecule has 0 radical (unpaired) electrons. The lowest BCUT2D eigenvalue weighted by Gasteiger charge is -2.15. The Kier molecular flexibility index (Phi) is 6.00. The van der Waals surface area contributed by atoms with Gasteiger partial charge in [0.15, 0.2) is 5.65 Å². The van der Waals surface area contributed by atoms with Gasteiger partial charge in [-0.25, -0.2) is 19.6 Å². The lowest BCUT2D eigenvalue weighted by Crippen LogP contribution is -2.39. The number of nitrogens with zero attached hydrogens (tertiary/aromatic N) is 4. The molecular formula is C24H26N4O4S. The number of aryl methyl sites for hydroxylation is 3. The molecule has 172 valence electrons. The molecule has 0 unspecified atom stereocenters. The molecule has 8 nitrogen and oxygen atoms in total. The van der Waals surface area contributed by atoms with Crippen LogP contribution in [0.4, 0.5) is 0 Å². The maximum atomic E-state index is 13.1. The van der Waals surface area contributed by atoms with Gasteiger partial charge in [0.2, 0.25) is 0 Å². The molecule has 9 heteroatoms. The summed E-state index contributed by atoms with van der Waals surface area (Å²) >= 11 is 1.35. The quantitative estimate of drug-likeness (QED) is 0.252. The van der Waals surface area contributed by atoms with Gasteiger partial charge in [0.05, 0.1) is 0 Å². The molecule has 3 heterocycles. The summed E-state index contributed by atoms with van der Waals surface area (Å²) in [5.74, 6) is 1.07. The molecule has 0 N–H and O–H groups in total. The fourth-order valence-corrected chi connectivity index (χ4v) is 4.92. The van der Waals surface area contributed by atoms with Crippen LogP contribution in [0.5, 0.6) is 0 Å². The highest BCUT2D eigenvalue weighted by Crippen LogP contribution is 2.30. The molecule has 0 fully saturated rings. The molecule has 3 aromatic heterocycles. The summed E-state index contributed by atoms with van der Waals surface area (Å²) in [4.78, 5) is 47.1. The molecule has 0 saturated heterocycles. The van der Waals surface area contributed by atoms with Crippen molar-refractivity contribution in [3.63, 3.8) is 0 Å². The number of thioether (sulfide) groups is 1. The van der Waals surface area contributed by atoms with Crippen LogP contribution in [0.15, 0.2) is 42.0 Å². The molecule has 0 aliphatic carbocycles. The van der Waals surface area contributed by atoms with Crippen molar-refractivity contribution in [2.75, 3.05) is 0 Å². The van der Waals surface area contributed by atoms with E-state index in [0.717, 1.165) is 26.6 Å². The summed E-state index contributed by atoms with van der Waals surface area (Å²) in [6, 6.07) is 5.42. The third kappa shape index (κ3) is 4.13. The fourth-order valence-electron chi connectivity index (χ4n) is 3.87. The van der Waals surface area contributed by atoms with Gasteiger partial charge < -0.3 is 4.42 Å². The van der Waals surface area contributed by atoms with Crippen LogP contribution in [0.1, 0.15) is 36.4 Å². The first-order valence-corrected chi connectivity index (χ1v) is 11.7. The van der Waals surface area contributed by atoms with Crippen molar-refractivity contribution in [3.8, 4) is 0 Å². The van der Waals surface area contributed by atoms with Gasteiger partial charge in [-0.1, -0.05) is 26.0 Å². The summed E-state index contributed by atoms with van der Waals surface area (Å²) in [6.45, 7) is 10.1. The smallest absolute Gasteiger partial charge is 0.336 e. The highest BCUT2D eigenvalue weighted by molar-refractivity contribution is 7.98. The van der Waals surface area contributed by atoms with Crippen LogP contribution in [-0.2, 0) is 19.3 Å². The summed E-state index contributed by atoms with van der Waals surface area (Å²) in [5.41, 5.74) is 2.43. The van der Waals surface area contributed by atoms with E-state index in [9.17, 15) is 14.4 Å². The van der Waals surface area contributed by atoms with Crippen LogP contribution in [0, 0.1) is 26.7 Å². The van der Waals surface area contributed by atoms with Crippen LogP contribution >= 0.6 is 11.8 Å². The maximum absolute atomic E-state index is 13.1. The largest absolute Gasteiger partial charge is 0.422 e. The number of aromatic nitrogens is 4. The minimum Gasteiger partial charge on any atom is -0.422 e. The van der Waals surface area contributed by atoms with Gasteiger partial charge in [-0.2, -0.15) is 0 Å². The molecule has 0 saturated carbocycles. The average molecular weight is 467 g/mol. The number of hydrogen-bond acceptors (Lipinski definition) is 7. The van der Waals surface area contributed by atoms with Crippen molar-refractivity contribution < 1.29 is 4.42 Å². The van der Waals surface area contributed by atoms with Gasteiger partial charge in [-0.05, 0) is 43.4 Å². The van der Waals surface area contributed by atoms with Crippen LogP contribution in [0.2, 0.25) is 0 Å². The number of rotatable bonds is 5. The van der Waals surface area contributed by atoms with Gasteiger partial charge in [0, 0.05) is 30.8 Å². The van der Waals surface area contributed by atoms with Crippen molar-refractivity contribution in [3.05, 3.63) is 72.0 Å². The van der Waals surface area contributed by atoms with E-state index in [1.165, 1.54) is 24.9 Å². The molecule has 0 spiro atoms. The van der Waals surface area contributed by atoms with Crippen LogP contribution < -0.4 is 16.9 Å². The number of benzene rings is 1. The third-order valence-electron chi connectivity index (χ3n) is 5.69. The van der Waals surface area contributed by atoms with E-state index < -0.39 is 16.9 Å². The summed E-state index contributed by atoms with van der Waals surface area (Å²) < 4.78 is 8.12. The molecule has 0 aliphatic rings. The van der Waals surface area contributed by atoms with E-state index in [2.05, 4.69) is 9.97 Å². The molecule has 0 amide bonds. The van der Waals surface area contributed by atoms with E-state index in [4.69, 9.17) is 4.42 Å². The minimum absolute atomic E-state index is 0.191.